The first kappa shape index (κ1) is 16.5. The van der Waals surface area contributed by atoms with Crippen molar-refractivity contribution in [2.75, 3.05) is 13.2 Å². The standard InChI is InChI=1S/C21H24O5/c1-3-11(9-22)12-4-5-16-20(2)7-6-13-14(10-25-19(13)24)15(20)8-17-21(16,26-17)18(12)23/h4-5,11,15,17,22H,3,6-10H2,1-2H3/t11-,15+,17+,20+,21-/m1/s1. The third-order valence-corrected chi connectivity index (χ3v) is 7.45. The fourth-order valence-corrected chi connectivity index (χ4v) is 5.84. The highest BCUT2D eigenvalue weighted by atomic mass is 16.6. The third-order valence-electron chi connectivity index (χ3n) is 7.45. The van der Waals surface area contributed by atoms with Crippen LogP contribution in [-0.2, 0) is 19.1 Å². The maximum atomic E-state index is 13.3. The summed E-state index contributed by atoms with van der Waals surface area (Å²) in [5, 5.41) is 9.65. The second-order valence-corrected chi connectivity index (χ2v) is 8.45. The molecule has 0 amide bonds. The molecule has 26 heavy (non-hydrogen) atoms. The zero-order chi connectivity index (χ0) is 18.3. The highest BCUT2D eigenvalue weighted by Gasteiger charge is 2.73. The van der Waals surface area contributed by atoms with Gasteiger partial charge in [-0.15, -0.1) is 0 Å². The first-order valence-corrected chi connectivity index (χ1v) is 9.62. The Labute approximate surface area is 152 Å². The number of ketones is 1. The van der Waals surface area contributed by atoms with E-state index < -0.39 is 5.60 Å². The number of aliphatic hydroxyl groups excluding tert-OH is 1. The van der Waals surface area contributed by atoms with Gasteiger partial charge in [-0.1, -0.05) is 26.0 Å². The second-order valence-electron chi connectivity index (χ2n) is 8.45. The van der Waals surface area contributed by atoms with Gasteiger partial charge in [0.2, 0.25) is 0 Å². The van der Waals surface area contributed by atoms with Gasteiger partial charge in [-0.2, -0.15) is 0 Å². The summed E-state index contributed by atoms with van der Waals surface area (Å²) in [6.45, 7) is 4.57. The number of Topliss-reactive ketones (excluding diaryl/α,β-unsaturated/α-hetero) is 1. The average molecular weight is 356 g/mol. The van der Waals surface area contributed by atoms with E-state index in [0.717, 1.165) is 36.0 Å². The van der Waals surface area contributed by atoms with Gasteiger partial charge in [0.05, 0.1) is 6.61 Å². The van der Waals surface area contributed by atoms with Gasteiger partial charge >= 0.3 is 5.97 Å². The number of hydrogen-bond acceptors (Lipinski definition) is 5. The molecule has 5 atom stereocenters. The van der Waals surface area contributed by atoms with Crippen LogP contribution in [0.4, 0.5) is 0 Å². The molecule has 5 heteroatoms. The van der Waals surface area contributed by atoms with Gasteiger partial charge in [0.25, 0.3) is 0 Å². The van der Waals surface area contributed by atoms with Gasteiger partial charge in [0.1, 0.15) is 12.7 Å². The molecule has 0 aromatic rings. The fourth-order valence-electron chi connectivity index (χ4n) is 5.84. The van der Waals surface area contributed by atoms with E-state index in [-0.39, 0.29) is 41.7 Å². The van der Waals surface area contributed by atoms with Gasteiger partial charge in [-0.25, -0.2) is 4.79 Å². The normalized spacial score (nSPS) is 41.3. The summed E-state index contributed by atoms with van der Waals surface area (Å²) in [6, 6.07) is 0. The molecule has 0 bridgehead atoms. The first-order chi connectivity index (χ1) is 12.5. The van der Waals surface area contributed by atoms with Crippen LogP contribution in [-0.4, -0.2) is 41.8 Å². The molecule has 5 aliphatic rings. The molecule has 3 aliphatic carbocycles. The molecular weight excluding hydrogens is 332 g/mol. The van der Waals surface area contributed by atoms with E-state index in [0.29, 0.717) is 18.6 Å². The van der Waals surface area contributed by atoms with E-state index >= 15 is 0 Å². The molecule has 2 aliphatic heterocycles. The van der Waals surface area contributed by atoms with Crippen LogP contribution in [0, 0.1) is 17.3 Å². The smallest absolute Gasteiger partial charge is 0.334 e. The van der Waals surface area contributed by atoms with E-state index in [1.807, 2.05) is 13.0 Å². The lowest BCUT2D eigenvalue weighted by atomic mass is 9.52. The van der Waals surface area contributed by atoms with Crippen LogP contribution in [0.1, 0.15) is 39.5 Å². The lowest BCUT2D eigenvalue weighted by molar-refractivity contribution is -0.136. The van der Waals surface area contributed by atoms with Gasteiger partial charge in [-0.05, 0) is 48.2 Å². The molecule has 0 aromatic heterocycles. The summed E-state index contributed by atoms with van der Waals surface area (Å²) in [5.74, 6) is -0.0574. The summed E-state index contributed by atoms with van der Waals surface area (Å²) < 4.78 is 11.4. The summed E-state index contributed by atoms with van der Waals surface area (Å²) in [5.41, 5.74) is 2.73. The number of rotatable bonds is 3. The number of aliphatic hydroxyl groups is 1. The molecule has 1 N–H and O–H groups in total. The molecule has 2 fully saturated rings. The van der Waals surface area contributed by atoms with E-state index in [9.17, 15) is 14.7 Å². The van der Waals surface area contributed by atoms with Gasteiger partial charge in [0, 0.05) is 17.1 Å². The molecule has 5 nitrogen and oxygen atoms in total. The van der Waals surface area contributed by atoms with Crippen LogP contribution in [0.5, 0.6) is 0 Å². The van der Waals surface area contributed by atoms with Crippen molar-refractivity contribution in [3.8, 4) is 0 Å². The summed E-state index contributed by atoms with van der Waals surface area (Å²) >= 11 is 0. The van der Waals surface area contributed by atoms with Crippen LogP contribution >= 0.6 is 0 Å². The van der Waals surface area contributed by atoms with Crippen LogP contribution in [0.25, 0.3) is 0 Å². The SMILES string of the molecule is CC[C@H](CO)C1=CC=C2[C@]3(O[C@H]3C[C@H]3C4=C(CC[C@]23C)C(=O)OC4)C1=O. The molecule has 2 heterocycles. The molecule has 0 unspecified atom stereocenters. The van der Waals surface area contributed by atoms with E-state index in [2.05, 4.69) is 13.0 Å². The molecular formula is C21H24O5. The molecule has 138 valence electrons. The minimum absolute atomic E-state index is 0.0203. The Morgan fingerprint density at radius 2 is 2.15 bits per heavy atom. The van der Waals surface area contributed by atoms with Crippen molar-refractivity contribution in [2.24, 2.45) is 17.3 Å². The van der Waals surface area contributed by atoms with Crippen molar-refractivity contribution in [1.29, 1.82) is 0 Å². The zero-order valence-corrected chi connectivity index (χ0v) is 15.2. The van der Waals surface area contributed by atoms with E-state index in [1.54, 1.807) is 0 Å². The Morgan fingerprint density at radius 1 is 1.35 bits per heavy atom. The lowest BCUT2D eigenvalue weighted by Crippen LogP contribution is -2.50. The average Bonchev–Trinajstić information content (AvgIpc) is 3.23. The number of fused-ring (bicyclic) bond motifs is 3. The van der Waals surface area contributed by atoms with Crippen molar-refractivity contribution in [3.63, 3.8) is 0 Å². The van der Waals surface area contributed by atoms with Crippen molar-refractivity contribution in [1.82, 2.24) is 0 Å². The fraction of sp³-hybridized carbons (Fsp3) is 0.619. The van der Waals surface area contributed by atoms with Crippen molar-refractivity contribution in [2.45, 2.75) is 51.2 Å². The number of carbonyl (C=O) groups excluding carboxylic acids is 2. The minimum atomic E-state index is -0.820. The van der Waals surface area contributed by atoms with Gasteiger partial charge in [0.15, 0.2) is 11.4 Å². The maximum absolute atomic E-state index is 13.3. The second kappa shape index (κ2) is 5.17. The Kier molecular flexibility index (Phi) is 3.27. The Bertz CT molecular complexity index is 814. The van der Waals surface area contributed by atoms with Gasteiger partial charge in [-0.3, -0.25) is 4.79 Å². The summed E-state index contributed by atoms with van der Waals surface area (Å²) in [4.78, 5) is 25.3. The number of cyclic esters (lactones) is 1. The van der Waals surface area contributed by atoms with E-state index in [1.165, 1.54) is 0 Å². The topological polar surface area (TPSA) is 76.1 Å². The number of hydrogen-bond donors (Lipinski definition) is 1. The molecule has 1 saturated carbocycles. The van der Waals surface area contributed by atoms with Gasteiger partial charge < -0.3 is 14.6 Å². The summed E-state index contributed by atoms with van der Waals surface area (Å²) in [7, 11) is 0. The van der Waals surface area contributed by atoms with E-state index in [4.69, 9.17) is 9.47 Å². The number of ether oxygens (including phenoxy) is 2. The minimum Gasteiger partial charge on any atom is -0.458 e. The largest absolute Gasteiger partial charge is 0.458 e. The monoisotopic (exact) mass is 356 g/mol. The predicted octanol–water partition coefficient (Wildman–Crippen LogP) is 2.25. The molecule has 1 saturated heterocycles. The van der Waals surface area contributed by atoms with Crippen LogP contribution < -0.4 is 0 Å². The number of esters is 1. The highest BCUT2D eigenvalue weighted by Crippen LogP contribution is 2.67. The van der Waals surface area contributed by atoms with Crippen LogP contribution in [0.15, 0.2) is 34.4 Å². The van der Waals surface area contributed by atoms with Crippen molar-refractivity contribution >= 4 is 11.8 Å². The number of carbonyl (C=O) groups is 2. The Morgan fingerprint density at radius 3 is 2.88 bits per heavy atom. The Balaban J connectivity index is 1.60. The zero-order valence-electron chi connectivity index (χ0n) is 15.2. The van der Waals surface area contributed by atoms with Crippen LogP contribution in [0.3, 0.4) is 0 Å². The Hall–Kier alpha value is -1.72. The highest BCUT2D eigenvalue weighted by molar-refractivity contribution is 6.09. The lowest BCUT2D eigenvalue weighted by Gasteiger charge is -2.48. The number of allylic oxidation sites excluding steroid dienone is 2. The molecule has 5 rings (SSSR count). The third kappa shape index (κ3) is 1.78. The maximum Gasteiger partial charge on any atom is 0.334 e. The predicted molar refractivity (Wildman–Crippen MR) is 93.1 cm³/mol. The van der Waals surface area contributed by atoms with Crippen LogP contribution in [0.2, 0.25) is 0 Å². The molecule has 1 spiro atoms. The van der Waals surface area contributed by atoms with Crippen molar-refractivity contribution in [3.05, 3.63) is 34.4 Å². The first-order valence-electron chi connectivity index (χ1n) is 9.62. The molecule has 0 radical (unpaired) electrons. The van der Waals surface area contributed by atoms with Crippen molar-refractivity contribution < 1.29 is 24.2 Å². The quantitative estimate of drug-likeness (QED) is 0.620. The molecule has 0 aromatic carbocycles. The number of epoxide rings is 1. The summed E-state index contributed by atoms with van der Waals surface area (Å²) in [6.07, 6.45) is 6.89.